The van der Waals surface area contributed by atoms with Gasteiger partial charge in [0, 0.05) is 7.05 Å². The van der Waals surface area contributed by atoms with Crippen molar-refractivity contribution >= 4 is 11.9 Å². The predicted octanol–water partition coefficient (Wildman–Crippen LogP) is 2.59. The summed E-state index contributed by atoms with van der Waals surface area (Å²) in [5.74, 6) is -0.266. The summed E-state index contributed by atoms with van der Waals surface area (Å²) in [6.07, 6.45) is 3.08. The highest BCUT2D eigenvalue weighted by molar-refractivity contribution is 6.02. The maximum absolute atomic E-state index is 12.2. The molecule has 4 nitrogen and oxygen atoms in total. The van der Waals surface area contributed by atoms with Crippen LogP contribution >= 0.6 is 0 Å². The van der Waals surface area contributed by atoms with E-state index >= 15 is 0 Å². The van der Waals surface area contributed by atoms with Crippen molar-refractivity contribution in [3.8, 4) is 0 Å². The Labute approximate surface area is 113 Å². The van der Waals surface area contributed by atoms with Crippen LogP contribution in [-0.4, -0.2) is 34.8 Å². The standard InChI is InChI=1S/C15H18N2O2/c1-4-8-13(18)17-14(11(2)16(3)15(17)19)12-9-6-5-7-10-12/h4-11,14H,1-3H3/b8-4+. The average molecular weight is 258 g/mol. The smallest absolute Gasteiger partial charge is 0.322 e. The number of benzene rings is 1. The molecule has 0 bridgehead atoms. The van der Waals surface area contributed by atoms with Crippen LogP contribution < -0.4 is 0 Å². The van der Waals surface area contributed by atoms with Gasteiger partial charge in [0.1, 0.15) is 0 Å². The minimum Gasteiger partial charge on any atom is -0.322 e. The summed E-state index contributed by atoms with van der Waals surface area (Å²) in [7, 11) is 1.73. The highest BCUT2D eigenvalue weighted by Crippen LogP contribution is 2.34. The number of rotatable bonds is 2. The SMILES string of the molecule is C/C=C/C(=O)N1C(=O)N(C)C(C)C1c1ccccc1. The van der Waals surface area contributed by atoms with Crippen molar-refractivity contribution in [3.05, 3.63) is 48.0 Å². The molecular formula is C15H18N2O2. The topological polar surface area (TPSA) is 40.6 Å². The lowest BCUT2D eigenvalue weighted by Gasteiger charge is -2.23. The minimum absolute atomic E-state index is 0.0379. The fraction of sp³-hybridized carbons (Fsp3) is 0.333. The van der Waals surface area contributed by atoms with Gasteiger partial charge in [-0.1, -0.05) is 36.4 Å². The van der Waals surface area contributed by atoms with Crippen LogP contribution in [0.1, 0.15) is 25.5 Å². The van der Waals surface area contributed by atoms with Crippen molar-refractivity contribution < 1.29 is 9.59 Å². The van der Waals surface area contributed by atoms with Crippen LogP contribution in [0.4, 0.5) is 4.79 Å². The summed E-state index contributed by atoms with van der Waals surface area (Å²) in [6.45, 7) is 3.72. The molecule has 1 aromatic rings. The molecule has 0 saturated carbocycles. The molecule has 1 aliphatic rings. The van der Waals surface area contributed by atoms with E-state index < -0.39 is 0 Å². The van der Waals surface area contributed by atoms with Crippen LogP contribution in [-0.2, 0) is 4.79 Å². The quantitative estimate of drug-likeness (QED) is 0.765. The highest BCUT2D eigenvalue weighted by atomic mass is 16.2. The molecular weight excluding hydrogens is 240 g/mol. The monoisotopic (exact) mass is 258 g/mol. The molecule has 0 spiro atoms. The number of amides is 3. The number of hydrogen-bond acceptors (Lipinski definition) is 2. The van der Waals surface area contributed by atoms with Gasteiger partial charge in [-0.25, -0.2) is 4.79 Å². The van der Waals surface area contributed by atoms with E-state index in [-0.39, 0.29) is 24.0 Å². The number of carbonyl (C=O) groups excluding carboxylic acids is 2. The van der Waals surface area contributed by atoms with Gasteiger partial charge in [0.2, 0.25) is 0 Å². The molecule has 1 aliphatic heterocycles. The fourth-order valence-electron chi connectivity index (χ4n) is 2.42. The van der Waals surface area contributed by atoms with Crippen molar-refractivity contribution in [2.24, 2.45) is 0 Å². The Morgan fingerprint density at radius 1 is 1.26 bits per heavy atom. The first-order valence-corrected chi connectivity index (χ1v) is 6.35. The molecule has 1 aromatic carbocycles. The van der Waals surface area contributed by atoms with E-state index in [1.165, 1.54) is 11.0 Å². The van der Waals surface area contributed by atoms with Gasteiger partial charge < -0.3 is 4.90 Å². The van der Waals surface area contributed by atoms with Gasteiger partial charge in [-0.3, -0.25) is 9.69 Å². The van der Waals surface area contributed by atoms with E-state index in [0.29, 0.717) is 0 Å². The number of imide groups is 1. The van der Waals surface area contributed by atoms with E-state index in [1.54, 1.807) is 24.9 Å². The molecule has 2 atom stereocenters. The van der Waals surface area contributed by atoms with E-state index in [1.807, 2.05) is 37.3 Å². The van der Waals surface area contributed by atoms with Gasteiger partial charge >= 0.3 is 6.03 Å². The number of likely N-dealkylation sites (N-methyl/N-ethyl adjacent to an activating group) is 1. The number of allylic oxidation sites excluding steroid dienone is 1. The molecule has 2 unspecified atom stereocenters. The first-order chi connectivity index (χ1) is 9.07. The highest BCUT2D eigenvalue weighted by Gasteiger charge is 2.44. The summed E-state index contributed by atoms with van der Waals surface area (Å²) >= 11 is 0. The lowest BCUT2D eigenvalue weighted by atomic mass is 10.0. The largest absolute Gasteiger partial charge is 0.327 e. The number of carbonyl (C=O) groups is 2. The molecule has 0 radical (unpaired) electrons. The second-order valence-electron chi connectivity index (χ2n) is 4.70. The number of nitrogens with zero attached hydrogens (tertiary/aromatic N) is 2. The summed E-state index contributed by atoms with van der Waals surface area (Å²) in [6, 6.07) is 9.14. The Morgan fingerprint density at radius 2 is 1.89 bits per heavy atom. The van der Waals surface area contributed by atoms with Crippen LogP contribution in [0.5, 0.6) is 0 Å². The summed E-state index contributed by atoms with van der Waals surface area (Å²) in [5, 5.41) is 0. The normalized spacial score (nSPS) is 23.4. The zero-order chi connectivity index (χ0) is 14.0. The summed E-state index contributed by atoms with van der Waals surface area (Å²) in [5.41, 5.74) is 0.977. The maximum atomic E-state index is 12.2. The lowest BCUT2D eigenvalue weighted by Crippen LogP contribution is -2.35. The molecule has 4 heteroatoms. The first kappa shape index (κ1) is 13.3. The molecule has 1 heterocycles. The van der Waals surface area contributed by atoms with Crippen molar-refractivity contribution in [2.45, 2.75) is 25.9 Å². The lowest BCUT2D eigenvalue weighted by molar-refractivity contribution is -0.124. The second-order valence-corrected chi connectivity index (χ2v) is 4.70. The van der Waals surface area contributed by atoms with Crippen molar-refractivity contribution in [1.29, 1.82) is 0 Å². The van der Waals surface area contributed by atoms with Crippen LogP contribution in [0, 0.1) is 0 Å². The molecule has 19 heavy (non-hydrogen) atoms. The number of urea groups is 1. The maximum Gasteiger partial charge on any atom is 0.327 e. The van der Waals surface area contributed by atoms with Gasteiger partial charge in [0.25, 0.3) is 5.91 Å². The molecule has 0 aromatic heterocycles. The Bertz CT molecular complexity index is 510. The van der Waals surface area contributed by atoms with E-state index in [2.05, 4.69) is 0 Å². The minimum atomic E-state index is -0.266. The Balaban J connectivity index is 2.43. The van der Waals surface area contributed by atoms with Crippen LogP contribution in [0.2, 0.25) is 0 Å². The molecule has 100 valence electrons. The third-order valence-corrected chi connectivity index (χ3v) is 3.54. The van der Waals surface area contributed by atoms with Crippen molar-refractivity contribution in [1.82, 2.24) is 9.80 Å². The average Bonchev–Trinajstić information content (AvgIpc) is 2.64. The van der Waals surface area contributed by atoms with E-state index in [4.69, 9.17) is 0 Å². The number of hydrogen-bond donors (Lipinski definition) is 0. The van der Waals surface area contributed by atoms with Crippen molar-refractivity contribution in [2.75, 3.05) is 7.05 Å². The molecule has 0 N–H and O–H groups in total. The molecule has 1 saturated heterocycles. The Kier molecular flexibility index (Phi) is 3.69. The van der Waals surface area contributed by atoms with Gasteiger partial charge in [-0.2, -0.15) is 0 Å². The van der Waals surface area contributed by atoms with Crippen LogP contribution in [0.15, 0.2) is 42.5 Å². The third-order valence-electron chi connectivity index (χ3n) is 3.54. The van der Waals surface area contributed by atoms with Crippen molar-refractivity contribution in [3.63, 3.8) is 0 Å². The molecule has 2 rings (SSSR count). The third kappa shape index (κ3) is 2.26. The fourth-order valence-corrected chi connectivity index (χ4v) is 2.42. The van der Waals surface area contributed by atoms with Crippen LogP contribution in [0.25, 0.3) is 0 Å². The Morgan fingerprint density at radius 3 is 2.47 bits per heavy atom. The second kappa shape index (κ2) is 5.26. The summed E-state index contributed by atoms with van der Waals surface area (Å²) < 4.78 is 0. The zero-order valence-electron chi connectivity index (χ0n) is 11.4. The Hall–Kier alpha value is -2.10. The molecule has 0 aliphatic carbocycles. The van der Waals surface area contributed by atoms with Gasteiger partial charge in [-0.05, 0) is 25.5 Å². The molecule has 1 fully saturated rings. The zero-order valence-corrected chi connectivity index (χ0v) is 11.4. The first-order valence-electron chi connectivity index (χ1n) is 6.35. The van der Waals surface area contributed by atoms with Gasteiger partial charge in [0.15, 0.2) is 0 Å². The van der Waals surface area contributed by atoms with E-state index in [9.17, 15) is 9.59 Å². The van der Waals surface area contributed by atoms with E-state index in [0.717, 1.165) is 5.56 Å². The van der Waals surface area contributed by atoms with Gasteiger partial charge in [0.05, 0.1) is 12.1 Å². The predicted molar refractivity (Wildman–Crippen MR) is 73.5 cm³/mol. The van der Waals surface area contributed by atoms with Gasteiger partial charge in [-0.15, -0.1) is 0 Å². The summed E-state index contributed by atoms with van der Waals surface area (Å²) in [4.78, 5) is 27.3. The van der Waals surface area contributed by atoms with Crippen LogP contribution in [0.3, 0.4) is 0 Å². The molecule has 3 amide bonds.